The molecule has 0 fully saturated rings. The number of carbonyl (C=O) groups is 1. The second-order valence-corrected chi connectivity index (χ2v) is 10.4. The highest BCUT2D eigenvalue weighted by atomic mass is 35.5. The average Bonchev–Trinajstić information content (AvgIpc) is 3.52. The van der Waals surface area contributed by atoms with Gasteiger partial charge in [0.1, 0.15) is 5.82 Å². The quantitative estimate of drug-likeness (QED) is 0.257. The molecule has 0 saturated carbocycles. The molecule has 196 valence electrons. The van der Waals surface area contributed by atoms with E-state index in [9.17, 15) is 4.79 Å². The van der Waals surface area contributed by atoms with Gasteiger partial charge in [-0.3, -0.25) is 0 Å². The highest BCUT2D eigenvalue weighted by Gasteiger charge is 2.36. The van der Waals surface area contributed by atoms with Gasteiger partial charge in [0.2, 0.25) is 0 Å². The van der Waals surface area contributed by atoms with Crippen LogP contribution in [0.25, 0.3) is 11.5 Å². The standard InChI is InChI=1S/C32H30ClN5O/c1-4-28-26-20-37(32(39)34-24-16-15-22(3)27(33)19-24)30(23-11-8-10-21(2)18-23)29-14-9-17-36(29)31(26)38(35-28)25-12-6-5-7-13-25/h5-19,30H,4,20H2,1-3H3,(H,34,39)/t30-/m1/s1. The van der Waals surface area contributed by atoms with Crippen LogP contribution in [0.5, 0.6) is 0 Å². The van der Waals surface area contributed by atoms with Crippen molar-refractivity contribution in [1.82, 2.24) is 19.2 Å². The number of aromatic nitrogens is 3. The number of hydrogen-bond acceptors (Lipinski definition) is 2. The lowest BCUT2D eigenvalue weighted by atomic mass is 10.00. The Kier molecular flexibility index (Phi) is 6.49. The molecular weight excluding hydrogens is 506 g/mol. The zero-order valence-corrected chi connectivity index (χ0v) is 23.0. The lowest BCUT2D eigenvalue weighted by Gasteiger charge is -2.31. The number of hydrogen-bond donors (Lipinski definition) is 1. The van der Waals surface area contributed by atoms with Crippen molar-refractivity contribution in [2.24, 2.45) is 0 Å². The lowest BCUT2D eigenvalue weighted by Crippen LogP contribution is -2.38. The molecule has 0 radical (unpaired) electrons. The summed E-state index contributed by atoms with van der Waals surface area (Å²) in [5, 5.41) is 8.77. The van der Waals surface area contributed by atoms with Crippen molar-refractivity contribution in [3.05, 3.63) is 130 Å². The number of rotatable bonds is 4. The Bertz CT molecular complexity index is 1670. The Hall–Kier alpha value is -4.29. The van der Waals surface area contributed by atoms with Crippen LogP contribution in [0, 0.1) is 13.8 Å². The average molecular weight is 536 g/mol. The third-order valence-electron chi connectivity index (χ3n) is 7.35. The fourth-order valence-corrected chi connectivity index (χ4v) is 5.59. The van der Waals surface area contributed by atoms with Crippen molar-refractivity contribution >= 4 is 23.3 Å². The topological polar surface area (TPSA) is 55.1 Å². The van der Waals surface area contributed by atoms with Crippen LogP contribution in [0.15, 0.2) is 91.1 Å². The first-order valence-electron chi connectivity index (χ1n) is 13.2. The summed E-state index contributed by atoms with van der Waals surface area (Å²) >= 11 is 6.39. The molecular formula is C32H30ClN5O. The van der Waals surface area contributed by atoms with Crippen molar-refractivity contribution < 1.29 is 4.79 Å². The molecule has 5 aromatic rings. The van der Waals surface area contributed by atoms with E-state index in [1.165, 1.54) is 0 Å². The van der Waals surface area contributed by atoms with Crippen LogP contribution in [0.1, 0.15) is 46.6 Å². The molecule has 1 aliphatic heterocycles. The molecule has 3 heterocycles. The molecule has 6 nitrogen and oxygen atoms in total. The third-order valence-corrected chi connectivity index (χ3v) is 7.75. The summed E-state index contributed by atoms with van der Waals surface area (Å²) in [4.78, 5) is 16.1. The van der Waals surface area contributed by atoms with Crippen LogP contribution in [0.4, 0.5) is 10.5 Å². The van der Waals surface area contributed by atoms with E-state index in [2.05, 4.69) is 72.4 Å². The van der Waals surface area contributed by atoms with E-state index in [1.807, 2.05) is 52.9 Å². The van der Waals surface area contributed by atoms with Crippen molar-refractivity contribution in [1.29, 1.82) is 0 Å². The molecule has 2 aromatic heterocycles. The number of halogens is 1. The van der Waals surface area contributed by atoms with Crippen LogP contribution in [0.3, 0.4) is 0 Å². The second-order valence-electron chi connectivity index (χ2n) is 9.99. The number of nitrogens with zero attached hydrogens (tertiary/aromatic N) is 4. The Balaban J connectivity index is 1.55. The van der Waals surface area contributed by atoms with Crippen molar-refractivity contribution in [2.45, 2.75) is 39.8 Å². The molecule has 0 bridgehead atoms. The second kappa shape index (κ2) is 10.1. The van der Waals surface area contributed by atoms with Gasteiger partial charge in [-0.15, -0.1) is 0 Å². The van der Waals surface area contributed by atoms with Gasteiger partial charge in [0.15, 0.2) is 0 Å². The van der Waals surface area contributed by atoms with Gasteiger partial charge in [0.05, 0.1) is 29.7 Å². The van der Waals surface area contributed by atoms with Gasteiger partial charge >= 0.3 is 6.03 Å². The molecule has 0 spiro atoms. The van der Waals surface area contributed by atoms with Gasteiger partial charge < -0.3 is 14.8 Å². The predicted molar refractivity (Wildman–Crippen MR) is 156 cm³/mol. The fraction of sp³-hybridized carbons (Fsp3) is 0.188. The maximum Gasteiger partial charge on any atom is 0.322 e. The molecule has 0 saturated heterocycles. The van der Waals surface area contributed by atoms with E-state index < -0.39 is 0 Å². The van der Waals surface area contributed by atoms with E-state index in [0.29, 0.717) is 17.3 Å². The zero-order valence-electron chi connectivity index (χ0n) is 22.2. The van der Waals surface area contributed by atoms with Gasteiger partial charge in [-0.2, -0.15) is 5.10 Å². The highest BCUT2D eigenvalue weighted by Crippen LogP contribution is 2.39. The Labute approximate surface area is 233 Å². The van der Waals surface area contributed by atoms with Crippen molar-refractivity contribution in [3.63, 3.8) is 0 Å². The van der Waals surface area contributed by atoms with Gasteiger partial charge in [-0.1, -0.05) is 72.6 Å². The molecule has 7 heteroatoms. The van der Waals surface area contributed by atoms with Crippen molar-refractivity contribution in [2.75, 3.05) is 5.32 Å². The number of benzene rings is 3. The van der Waals surface area contributed by atoms with Crippen LogP contribution in [-0.2, 0) is 13.0 Å². The summed E-state index contributed by atoms with van der Waals surface area (Å²) in [7, 11) is 0. The smallest absolute Gasteiger partial charge is 0.308 e. The molecule has 0 unspecified atom stereocenters. The van der Waals surface area contributed by atoms with Crippen LogP contribution in [-0.4, -0.2) is 25.3 Å². The van der Waals surface area contributed by atoms with Crippen LogP contribution >= 0.6 is 11.6 Å². The van der Waals surface area contributed by atoms with Gasteiger partial charge in [0.25, 0.3) is 0 Å². The summed E-state index contributed by atoms with van der Waals surface area (Å²) in [5.74, 6) is 0.962. The number of carbonyl (C=O) groups excluding carboxylic acids is 1. The number of aryl methyl sites for hydroxylation is 3. The third kappa shape index (κ3) is 4.51. The van der Waals surface area contributed by atoms with Gasteiger partial charge in [-0.25, -0.2) is 9.48 Å². The van der Waals surface area contributed by atoms with Gasteiger partial charge in [0, 0.05) is 22.5 Å². The number of fused-ring (bicyclic) bond motifs is 3. The first kappa shape index (κ1) is 25.0. The van der Waals surface area contributed by atoms with Crippen molar-refractivity contribution in [3.8, 4) is 11.5 Å². The number of nitrogens with one attached hydrogen (secondary N) is 1. The van der Waals surface area contributed by atoms with Gasteiger partial charge in [-0.05, 0) is 67.8 Å². The lowest BCUT2D eigenvalue weighted by molar-refractivity contribution is 0.194. The molecule has 39 heavy (non-hydrogen) atoms. The first-order chi connectivity index (χ1) is 18.9. The summed E-state index contributed by atoms with van der Waals surface area (Å²) in [6.07, 6.45) is 2.82. The van der Waals surface area contributed by atoms with E-state index in [4.69, 9.17) is 16.7 Å². The number of para-hydroxylation sites is 1. The maximum absolute atomic E-state index is 14.1. The SMILES string of the molecule is CCc1nn(-c2ccccc2)c2c1CN(C(=O)Nc1ccc(C)c(Cl)c1)[C@H](c1cccc(C)c1)c1cccn1-2. The molecule has 0 aliphatic carbocycles. The number of urea groups is 1. The van der Waals surface area contributed by atoms with E-state index in [1.54, 1.807) is 6.07 Å². The molecule has 6 rings (SSSR count). The molecule has 2 amide bonds. The Morgan fingerprint density at radius 2 is 1.82 bits per heavy atom. The minimum absolute atomic E-state index is 0.198. The summed E-state index contributed by atoms with van der Waals surface area (Å²) in [6, 6.07) is 27.8. The molecule has 1 aliphatic rings. The largest absolute Gasteiger partial charge is 0.322 e. The monoisotopic (exact) mass is 535 g/mol. The minimum Gasteiger partial charge on any atom is -0.308 e. The normalized spacial score (nSPS) is 14.5. The van der Waals surface area contributed by atoms with E-state index in [0.717, 1.165) is 51.6 Å². The zero-order chi connectivity index (χ0) is 27.1. The Morgan fingerprint density at radius 3 is 2.56 bits per heavy atom. The fourth-order valence-electron chi connectivity index (χ4n) is 5.41. The predicted octanol–water partition coefficient (Wildman–Crippen LogP) is 7.63. The summed E-state index contributed by atoms with van der Waals surface area (Å²) in [6.45, 7) is 6.53. The first-order valence-corrected chi connectivity index (χ1v) is 13.6. The molecule has 3 aromatic carbocycles. The van der Waals surface area contributed by atoms with Crippen LogP contribution in [0.2, 0.25) is 5.02 Å². The minimum atomic E-state index is -0.317. The summed E-state index contributed by atoms with van der Waals surface area (Å²) in [5.41, 5.74) is 7.79. The highest BCUT2D eigenvalue weighted by molar-refractivity contribution is 6.31. The summed E-state index contributed by atoms with van der Waals surface area (Å²) < 4.78 is 4.20. The van der Waals surface area contributed by atoms with E-state index >= 15 is 0 Å². The van der Waals surface area contributed by atoms with E-state index in [-0.39, 0.29) is 12.1 Å². The number of anilines is 1. The van der Waals surface area contributed by atoms with Crippen LogP contribution < -0.4 is 5.32 Å². The maximum atomic E-state index is 14.1. The molecule has 1 atom stereocenters. The Morgan fingerprint density at radius 1 is 1.00 bits per heavy atom. The molecule has 1 N–H and O–H groups in total. The number of amides is 2.